The van der Waals surface area contributed by atoms with E-state index in [-0.39, 0.29) is 9.92 Å². The van der Waals surface area contributed by atoms with E-state index >= 15 is 0 Å². The lowest BCUT2D eigenvalue weighted by Gasteiger charge is -2.11. The molecule has 0 amide bonds. The third-order valence-corrected chi connectivity index (χ3v) is 3.97. The number of aromatic nitrogens is 2. The summed E-state index contributed by atoms with van der Waals surface area (Å²) in [6.07, 6.45) is 3.59. The highest BCUT2D eigenvalue weighted by Crippen LogP contribution is 2.26. The summed E-state index contributed by atoms with van der Waals surface area (Å²) < 4.78 is 1.78. The fraction of sp³-hybridized carbons (Fsp3) is 0.0714. The lowest BCUT2D eigenvalue weighted by molar-refractivity contribution is -0.380. The number of rotatable bonds is 5. The Balaban J connectivity index is 1.77. The number of benzene rings is 1. The minimum absolute atomic E-state index is 0.159. The zero-order valence-corrected chi connectivity index (χ0v) is 11.8. The maximum atomic E-state index is 10.7. The third-order valence-electron chi connectivity index (χ3n) is 2.94. The lowest BCUT2D eigenvalue weighted by Crippen LogP contribution is -2.03. The average molecular weight is 300 g/mol. The number of hydrogen-bond acceptors (Lipinski definition) is 5. The Labute approximate surface area is 124 Å². The molecule has 0 bridgehead atoms. The number of nitro groups is 1. The van der Waals surface area contributed by atoms with Gasteiger partial charge in [-0.05, 0) is 24.3 Å². The first-order valence-corrected chi connectivity index (χ1v) is 7.12. The second-order valence-electron chi connectivity index (χ2n) is 4.32. The van der Waals surface area contributed by atoms with Gasteiger partial charge in [0.15, 0.2) is 0 Å². The van der Waals surface area contributed by atoms with Crippen molar-refractivity contribution in [1.29, 1.82) is 0 Å². The van der Waals surface area contributed by atoms with Crippen molar-refractivity contribution in [3.05, 3.63) is 69.8 Å². The predicted molar refractivity (Wildman–Crippen MR) is 81.9 cm³/mol. The number of para-hydroxylation sites is 2. The first kappa shape index (κ1) is 13.3. The van der Waals surface area contributed by atoms with Crippen molar-refractivity contribution in [1.82, 2.24) is 9.78 Å². The molecule has 3 rings (SSSR count). The standard InChI is InChI=1S/C14H12N4O2S/c19-18(20)14-7-6-11(21-14)10-15-12-4-1-2-5-13(12)17-9-3-8-16-17/h1-9,15H,10H2. The van der Waals surface area contributed by atoms with Crippen LogP contribution in [0.25, 0.3) is 5.69 Å². The molecule has 2 aromatic heterocycles. The van der Waals surface area contributed by atoms with Crippen LogP contribution in [-0.4, -0.2) is 14.7 Å². The van der Waals surface area contributed by atoms with Crippen LogP contribution in [0.5, 0.6) is 0 Å². The van der Waals surface area contributed by atoms with Gasteiger partial charge in [0.25, 0.3) is 0 Å². The second kappa shape index (κ2) is 5.76. The molecule has 6 nitrogen and oxygen atoms in total. The molecule has 0 aliphatic rings. The molecule has 0 fully saturated rings. The Morgan fingerprint density at radius 2 is 2.10 bits per heavy atom. The SMILES string of the molecule is O=[N+]([O-])c1ccc(CNc2ccccc2-n2cccn2)s1. The van der Waals surface area contributed by atoms with Crippen LogP contribution in [0.2, 0.25) is 0 Å². The van der Waals surface area contributed by atoms with Gasteiger partial charge >= 0.3 is 5.00 Å². The van der Waals surface area contributed by atoms with E-state index in [1.54, 1.807) is 16.9 Å². The summed E-state index contributed by atoms with van der Waals surface area (Å²) in [5, 5.41) is 18.4. The highest BCUT2D eigenvalue weighted by molar-refractivity contribution is 7.15. The topological polar surface area (TPSA) is 73.0 Å². The molecule has 2 heterocycles. The van der Waals surface area contributed by atoms with Crippen LogP contribution in [0.4, 0.5) is 10.7 Å². The largest absolute Gasteiger partial charge is 0.378 e. The molecule has 106 valence electrons. The zero-order valence-electron chi connectivity index (χ0n) is 11.0. The van der Waals surface area contributed by atoms with Crippen LogP contribution in [-0.2, 0) is 6.54 Å². The van der Waals surface area contributed by atoms with Crippen molar-refractivity contribution in [2.75, 3.05) is 5.32 Å². The van der Waals surface area contributed by atoms with Crippen LogP contribution in [0.3, 0.4) is 0 Å². The zero-order chi connectivity index (χ0) is 14.7. The Bertz CT molecular complexity index is 752. The molecule has 1 N–H and O–H groups in total. The monoisotopic (exact) mass is 300 g/mol. The summed E-state index contributed by atoms with van der Waals surface area (Å²) in [5.41, 5.74) is 1.87. The van der Waals surface area contributed by atoms with Crippen LogP contribution >= 0.6 is 11.3 Å². The van der Waals surface area contributed by atoms with Gasteiger partial charge in [-0.1, -0.05) is 23.5 Å². The Morgan fingerprint density at radius 1 is 1.24 bits per heavy atom. The molecule has 7 heteroatoms. The van der Waals surface area contributed by atoms with Crippen molar-refractivity contribution in [2.24, 2.45) is 0 Å². The Kier molecular flexibility index (Phi) is 3.65. The average Bonchev–Trinajstić information content (AvgIpc) is 3.17. The van der Waals surface area contributed by atoms with Gasteiger partial charge in [-0.25, -0.2) is 4.68 Å². The molecule has 0 unspecified atom stereocenters. The second-order valence-corrected chi connectivity index (χ2v) is 5.47. The van der Waals surface area contributed by atoms with Crippen molar-refractivity contribution in [2.45, 2.75) is 6.54 Å². The fourth-order valence-corrected chi connectivity index (χ4v) is 2.74. The van der Waals surface area contributed by atoms with Gasteiger partial charge in [0, 0.05) is 29.9 Å². The number of nitrogens with one attached hydrogen (secondary N) is 1. The van der Waals surface area contributed by atoms with Crippen molar-refractivity contribution >= 4 is 22.0 Å². The molecule has 0 radical (unpaired) electrons. The third kappa shape index (κ3) is 2.92. The van der Waals surface area contributed by atoms with Crippen molar-refractivity contribution in [3.8, 4) is 5.69 Å². The number of thiophene rings is 1. The lowest BCUT2D eigenvalue weighted by atomic mass is 10.2. The van der Waals surface area contributed by atoms with E-state index in [4.69, 9.17) is 0 Å². The molecule has 21 heavy (non-hydrogen) atoms. The van der Waals surface area contributed by atoms with E-state index in [1.165, 1.54) is 17.4 Å². The van der Waals surface area contributed by atoms with Crippen LogP contribution < -0.4 is 5.32 Å². The number of anilines is 1. The molecule has 0 aliphatic carbocycles. The van der Waals surface area contributed by atoms with Crippen molar-refractivity contribution < 1.29 is 4.92 Å². The molecule has 0 saturated heterocycles. The Hall–Kier alpha value is -2.67. The summed E-state index contributed by atoms with van der Waals surface area (Å²) in [6.45, 7) is 0.538. The fourth-order valence-electron chi connectivity index (χ4n) is 1.98. The van der Waals surface area contributed by atoms with Gasteiger partial charge in [-0.3, -0.25) is 10.1 Å². The number of hydrogen-bond donors (Lipinski definition) is 1. The maximum Gasteiger partial charge on any atom is 0.324 e. The molecule has 0 atom stereocenters. The van der Waals surface area contributed by atoms with Gasteiger partial charge < -0.3 is 5.32 Å². The van der Waals surface area contributed by atoms with E-state index in [2.05, 4.69) is 10.4 Å². The quantitative estimate of drug-likeness (QED) is 0.578. The van der Waals surface area contributed by atoms with Crippen LogP contribution in [0.1, 0.15) is 4.88 Å². The smallest absolute Gasteiger partial charge is 0.324 e. The van der Waals surface area contributed by atoms with Gasteiger partial charge in [-0.2, -0.15) is 5.10 Å². The van der Waals surface area contributed by atoms with E-state index in [0.29, 0.717) is 6.54 Å². The van der Waals surface area contributed by atoms with Gasteiger partial charge in [0.05, 0.1) is 16.3 Å². The van der Waals surface area contributed by atoms with Gasteiger partial charge in [-0.15, -0.1) is 0 Å². The molecule has 0 saturated carbocycles. The molecule has 0 spiro atoms. The minimum atomic E-state index is -0.369. The maximum absolute atomic E-state index is 10.7. The van der Waals surface area contributed by atoms with E-state index in [9.17, 15) is 10.1 Å². The molecule has 0 aliphatic heterocycles. The highest BCUT2D eigenvalue weighted by atomic mass is 32.1. The van der Waals surface area contributed by atoms with Gasteiger partial charge in [0.1, 0.15) is 0 Å². The molecule has 1 aromatic carbocycles. The summed E-state index contributed by atoms with van der Waals surface area (Å²) in [5.74, 6) is 0. The first-order chi connectivity index (χ1) is 10.2. The van der Waals surface area contributed by atoms with Gasteiger partial charge in [0.2, 0.25) is 0 Å². The molecule has 3 aromatic rings. The summed E-state index contributed by atoms with van der Waals surface area (Å²) in [7, 11) is 0. The number of nitrogens with zero attached hydrogens (tertiary/aromatic N) is 3. The summed E-state index contributed by atoms with van der Waals surface area (Å²) in [6, 6.07) is 13.0. The highest BCUT2D eigenvalue weighted by Gasteiger charge is 2.10. The van der Waals surface area contributed by atoms with Crippen LogP contribution in [0, 0.1) is 10.1 Å². The molecular formula is C14H12N4O2S. The minimum Gasteiger partial charge on any atom is -0.378 e. The van der Waals surface area contributed by atoms with Crippen LogP contribution in [0.15, 0.2) is 54.9 Å². The summed E-state index contributed by atoms with van der Waals surface area (Å²) >= 11 is 1.18. The van der Waals surface area contributed by atoms with Crippen molar-refractivity contribution in [3.63, 3.8) is 0 Å². The van der Waals surface area contributed by atoms with E-state index in [0.717, 1.165) is 16.3 Å². The molecular weight excluding hydrogens is 288 g/mol. The normalized spacial score (nSPS) is 10.5. The first-order valence-electron chi connectivity index (χ1n) is 6.30. The van der Waals surface area contributed by atoms with E-state index < -0.39 is 0 Å². The predicted octanol–water partition coefficient (Wildman–Crippen LogP) is 3.45. The Morgan fingerprint density at radius 3 is 2.81 bits per heavy atom. The van der Waals surface area contributed by atoms with E-state index in [1.807, 2.05) is 36.5 Å². The summed E-state index contributed by atoms with van der Waals surface area (Å²) in [4.78, 5) is 11.2.